The normalized spacial score (nSPS) is 10.8. The van der Waals surface area contributed by atoms with Gasteiger partial charge in [0, 0.05) is 23.2 Å². The molecule has 0 aliphatic carbocycles. The van der Waals surface area contributed by atoms with Crippen molar-refractivity contribution in [1.29, 1.82) is 0 Å². The Morgan fingerprint density at radius 3 is 2.48 bits per heavy atom. The molecule has 160 valence electrons. The zero-order valence-electron chi connectivity index (χ0n) is 18.2. The van der Waals surface area contributed by atoms with E-state index in [2.05, 4.69) is 15.2 Å². The van der Waals surface area contributed by atoms with Gasteiger partial charge in [-0.1, -0.05) is 24.3 Å². The molecule has 3 aromatic rings. The number of hydrogen-bond donors (Lipinski definition) is 2. The molecule has 1 aromatic heterocycles. The number of aromatic nitrogens is 1. The highest BCUT2D eigenvalue weighted by atomic mass is 16.5. The molecular weight excluding hydrogens is 390 g/mol. The first-order valence-electron chi connectivity index (χ1n) is 10.0. The van der Waals surface area contributed by atoms with E-state index in [4.69, 9.17) is 4.74 Å². The van der Waals surface area contributed by atoms with Crippen LogP contribution < -0.4 is 15.4 Å². The second-order valence-electron chi connectivity index (χ2n) is 7.30. The maximum atomic E-state index is 12.2. The third-order valence-corrected chi connectivity index (χ3v) is 4.95. The molecule has 0 unspecified atom stereocenters. The summed E-state index contributed by atoms with van der Waals surface area (Å²) in [6.45, 7) is 5.83. The van der Waals surface area contributed by atoms with Crippen LogP contribution in [0.3, 0.4) is 0 Å². The molecule has 3 rings (SSSR count). The van der Waals surface area contributed by atoms with E-state index in [1.54, 1.807) is 19.3 Å². The maximum absolute atomic E-state index is 12.2. The minimum atomic E-state index is -0.337. The van der Waals surface area contributed by atoms with Gasteiger partial charge in [-0.05, 0) is 68.3 Å². The second-order valence-corrected chi connectivity index (χ2v) is 7.30. The quantitative estimate of drug-likeness (QED) is 0.567. The summed E-state index contributed by atoms with van der Waals surface area (Å²) in [4.78, 5) is 24.4. The first-order chi connectivity index (χ1) is 14.9. The number of anilines is 1. The summed E-state index contributed by atoms with van der Waals surface area (Å²) in [5.74, 6) is -0.0947. The van der Waals surface area contributed by atoms with E-state index in [0.29, 0.717) is 11.4 Å². The van der Waals surface area contributed by atoms with Crippen LogP contribution in [-0.4, -0.2) is 30.0 Å². The fraction of sp³-hybridized carbons (Fsp3) is 0.200. The highest BCUT2D eigenvalue weighted by Gasteiger charge is 2.10. The molecule has 0 atom stereocenters. The molecule has 0 bridgehead atoms. The molecule has 0 saturated carbocycles. The number of benzene rings is 2. The Bertz CT molecular complexity index is 1110. The fourth-order valence-corrected chi connectivity index (χ4v) is 3.44. The number of carbonyl (C=O) groups is 2. The fourth-order valence-electron chi connectivity index (χ4n) is 3.44. The summed E-state index contributed by atoms with van der Waals surface area (Å²) in [6, 6.07) is 17.6. The Balaban J connectivity index is 1.60. The number of methoxy groups -OCH3 is 1. The van der Waals surface area contributed by atoms with Crippen molar-refractivity contribution >= 4 is 23.6 Å². The highest BCUT2D eigenvalue weighted by Crippen LogP contribution is 2.25. The molecule has 0 spiro atoms. The number of nitrogens with zero attached hydrogens (tertiary/aromatic N) is 1. The molecule has 0 aliphatic rings. The van der Waals surface area contributed by atoms with Crippen LogP contribution >= 0.6 is 0 Å². The van der Waals surface area contributed by atoms with Gasteiger partial charge in [0.25, 0.3) is 0 Å². The average molecular weight is 418 g/mol. The number of para-hydroxylation sites is 1. The highest BCUT2D eigenvalue weighted by molar-refractivity contribution is 5.98. The van der Waals surface area contributed by atoms with Crippen LogP contribution in [0.5, 0.6) is 5.75 Å². The average Bonchev–Trinajstić information content (AvgIpc) is 3.04. The number of nitrogens with one attached hydrogen (secondary N) is 2. The van der Waals surface area contributed by atoms with Crippen LogP contribution in [0.4, 0.5) is 5.69 Å². The van der Waals surface area contributed by atoms with Gasteiger partial charge in [-0.2, -0.15) is 0 Å². The maximum Gasteiger partial charge on any atom is 0.244 e. The van der Waals surface area contributed by atoms with Crippen LogP contribution in [0.25, 0.3) is 11.8 Å². The lowest BCUT2D eigenvalue weighted by Crippen LogP contribution is -2.31. The van der Waals surface area contributed by atoms with Gasteiger partial charge >= 0.3 is 0 Å². The number of ether oxygens (including phenoxy) is 1. The number of aryl methyl sites for hydroxylation is 2. The molecule has 2 aromatic carbocycles. The minimum absolute atomic E-state index is 0.136. The third-order valence-electron chi connectivity index (χ3n) is 4.95. The topological polar surface area (TPSA) is 72.4 Å². The van der Waals surface area contributed by atoms with Gasteiger partial charge in [0.2, 0.25) is 11.8 Å². The second kappa shape index (κ2) is 9.80. The van der Waals surface area contributed by atoms with E-state index >= 15 is 0 Å². The predicted molar refractivity (Wildman–Crippen MR) is 124 cm³/mol. The Morgan fingerprint density at radius 1 is 1.03 bits per heavy atom. The monoisotopic (exact) mass is 417 g/mol. The van der Waals surface area contributed by atoms with Gasteiger partial charge < -0.3 is 19.9 Å². The van der Waals surface area contributed by atoms with Gasteiger partial charge in [-0.25, -0.2) is 0 Å². The number of amides is 2. The van der Waals surface area contributed by atoms with E-state index in [1.807, 2.05) is 69.3 Å². The van der Waals surface area contributed by atoms with Crippen molar-refractivity contribution in [3.8, 4) is 11.4 Å². The van der Waals surface area contributed by atoms with Crippen LogP contribution in [-0.2, 0) is 9.59 Å². The van der Waals surface area contributed by atoms with Crippen molar-refractivity contribution in [1.82, 2.24) is 9.88 Å². The largest absolute Gasteiger partial charge is 0.495 e. The van der Waals surface area contributed by atoms with Crippen molar-refractivity contribution in [2.45, 2.75) is 20.8 Å². The zero-order valence-corrected chi connectivity index (χ0v) is 18.2. The molecule has 2 amide bonds. The summed E-state index contributed by atoms with van der Waals surface area (Å²) in [5.41, 5.74) is 5.71. The van der Waals surface area contributed by atoms with Crippen LogP contribution in [0.2, 0.25) is 0 Å². The molecule has 0 saturated heterocycles. The Morgan fingerprint density at radius 2 is 1.77 bits per heavy atom. The number of carbonyl (C=O) groups excluding carboxylic acids is 2. The molecule has 0 aliphatic heterocycles. The molecule has 6 nitrogen and oxygen atoms in total. The summed E-state index contributed by atoms with van der Waals surface area (Å²) < 4.78 is 7.39. The number of hydrogen-bond acceptors (Lipinski definition) is 3. The van der Waals surface area contributed by atoms with Crippen molar-refractivity contribution in [2.24, 2.45) is 0 Å². The Hall–Kier alpha value is -3.80. The van der Waals surface area contributed by atoms with E-state index in [-0.39, 0.29) is 18.4 Å². The lowest BCUT2D eigenvalue weighted by Gasteiger charge is -2.11. The summed E-state index contributed by atoms with van der Waals surface area (Å²) >= 11 is 0. The van der Waals surface area contributed by atoms with Crippen molar-refractivity contribution in [3.05, 3.63) is 83.2 Å². The molecule has 0 radical (unpaired) electrons. The standard InChI is InChI=1S/C25H27N3O3/c1-17-10-12-23(31-4)22(14-17)27-25(30)16-26-24(29)13-11-20-15-18(2)28(19(20)3)21-8-6-5-7-9-21/h5-15H,16H2,1-4H3,(H,26,29)(H,27,30)/b13-11+. The zero-order chi connectivity index (χ0) is 22.4. The van der Waals surface area contributed by atoms with Gasteiger partial charge in [0.1, 0.15) is 5.75 Å². The predicted octanol–water partition coefficient (Wildman–Crippen LogP) is 4.18. The van der Waals surface area contributed by atoms with E-state index in [9.17, 15) is 9.59 Å². The summed E-state index contributed by atoms with van der Waals surface area (Å²) in [5, 5.41) is 5.38. The van der Waals surface area contributed by atoms with Crippen LogP contribution in [0.15, 0.2) is 60.7 Å². The first kappa shape index (κ1) is 21.9. The summed E-state index contributed by atoms with van der Waals surface area (Å²) in [7, 11) is 1.54. The van der Waals surface area contributed by atoms with Crippen LogP contribution in [0, 0.1) is 20.8 Å². The van der Waals surface area contributed by atoms with Crippen molar-refractivity contribution in [2.75, 3.05) is 19.0 Å². The smallest absolute Gasteiger partial charge is 0.244 e. The molecule has 2 N–H and O–H groups in total. The Kier molecular flexibility index (Phi) is 6.92. The lowest BCUT2D eigenvalue weighted by molar-refractivity contribution is -0.121. The SMILES string of the molecule is COc1ccc(C)cc1NC(=O)CNC(=O)/C=C/c1cc(C)n(-c2ccccc2)c1C. The molecule has 0 fully saturated rings. The van der Waals surface area contributed by atoms with E-state index < -0.39 is 0 Å². The minimum Gasteiger partial charge on any atom is -0.495 e. The molecular formula is C25H27N3O3. The third kappa shape index (κ3) is 5.42. The number of rotatable bonds is 7. The van der Waals surface area contributed by atoms with Gasteiger partial charge in [0.15, 0.2) is 0 Å². The van der Waals surface area contributed by atoms with E-state index in [0.717, 1.165) is 28.2 Å². The Labute approximate surface area is 182 Å². The van der Waals surface area contributed by atoms with Gasteiger partial charge in [-0.15, -0.1) is 0 Å². The van der Waals surface area contributed by atoms with Gasteiger partial charge in [-0.3, -0.25) is 9.59 Å². The van der Waals surface area contributed by atoms with Gasteiger partial charge in [0.05, 0.1) is 19.3 Å². The molecule has 31 heavy (non-hydrogen) atoms. The lowest BCUT2D eigenvalue weighted by atomic mass is 10.2. The summed E-state index contributed by atoms with van der Waals surface area (Å²) in [6.07, 6.45) is 3.20. The van der Waals surface area contributed by atoms with Crippen LogP contribution in [0.1, 0.15) is 22.5 Å². The van der Waals surface area contributed by atoms with Crippen molar-refractivity contribution in [3.63, 3.8) is 0 Å². The molecule has 1 heterocycles. The van der Waals surface area contributed by atoms with Crippen molar-refractivity contribution < 1.29 is 14.3 Å². The van der Waals surface area contributed by atoms with E-state index in [1.165, 1.54) is 6.08 Å². The molecule has 6 heteroatoms. The first-order valence-corrected chi connectivity index (χ1v) is 10.0.